The Bertz CT molecular complexity index is 299. The molecule has 1 fully saturated rings. The second-order valence-corrected chi connectivity index (χ2v) is 4.55. The third-order valence-electron chi connectivity index (χ3n) is 3.69. The molecule has 5 nitrogen and oxygen atoms in total. The SMILES string of the molecule is CCC(CC)(NC(=O)C1CCOC1C)C(=O)O. The highest BCUT2D eigenvalue weighted by molar-refractivity contribution is 5.88. The molecule has 1 rings (SSSR count). The van der Waals surface area contributed by atoms with Crippen LogP contribution in [0.3, 0.4) is 0 Å². The van der Waals surface area contributed by atoms with Crippen molar-refractivity contribution in [1.29, 1.82) is 0 Å². The monoisotopic (exact) mass is 243 g/mol. The number of carbonyl (C=O) groups is 2. The molecule has 2 unspecified atom stereocenters. The maximum Gasteiger partial charge on any atom is 0.329 e. The molecule has 2 atom stereocenters. The highest BCUT2D eigenvalue weighted by Gasteiger charge is 2.40. The molecule has 1 saturated heterocycles. The van der Waals surface area contributed by atoms with Crippen LogP contribution < -0.4 is 5.32 Å². The Morgan fingerprint density at radius 1 is 1.41 bits per heavy atom. The first-order chi connectivity index (χ1) is 7.96. The van der Waals surface area contributed by atoms with Crippen LogP contribution >= 0.6 is 0 Å². The van der Waals surface area contributed by atoms with Crippen LogP contribution in [0.5, 0.6) is 0 Å². The number of carbonyl (C=O) groups excluding carboxylic acids is 1. The van der Waals surface area contributed by atoms with E-state index in [2.05, 4.69) is 5.32 Å². The van der Waals surface area contributed by atoms with Gasteiger partial charge >= 0.3 is 5.97 Å². The van der Waals surface area contributed by atoms with Crippen molar-refractivity contribution >= 4 is 11.9 Å². The van der Waals surface area contributed by atoms with E-state index in [1.54, 1.807) is 13.8 Å². The van der Waals surface area contributed by atoms with Crippen molar-refractivity contribution in [1.82, 2.24) is 5.32 Å². The van der Waals surface area contributed by atoms with Crippen LogP contribution in [-0.2, 0) is 14.3 Å². The standard InChI is InChI=1S/C12H21NO4/c1-4-12(5-2,11(15)16)13-10(14)9-6-7-17-8(9)3/h8-9H,4-7H2,1-3H3,(H,13,14)(H,15,16). The number of carboxylic acids is 1. The van der Waals surface area contributed by atoms with Gasteiger partial charge in [-0.25, -0.2) is 4.79 Å². The number of hydrogen-bond acceptors (Lipinski definition) is 3. The molecule has 5 heteroatoms. The van der Waals surface area contributed by atoms with E-state index < -0.39 is 11.5 Å². The topological polar surface area (TPSA) is 75.6 Å². The Balaban J connectivity index is 2.74. The van der Waals surface area contributed by atoms with E-state index in [1.807, 2.05) is 6.92 Å². The van der Waals surface area contributed by atoms with Crippen molar-refractivity contribution in [3.8, 4) is 0 Å². The molecule has 1 amide bonds. The van der Waals surface area contributed by atoms with Crippen LogP contribution in [0, 0.1) is 5.92 Å². The summed E-state index contributed by atoms with van der Waals surface area (Å²) >= 11 is 0. The van der Waals surface area contributed by atoms with Gasteiger partial charge in [-0.1, -0.05) is 13.8 Å². The lowest BCUT2D eigenvalue weighted by Gasteiger charge is -2.29. The smallest absolute Gasteiger partial charge is 0.329 e. The molecule has 1 aliphatic heterocycles. The Morgan fingerprint density at radius 3 is 2.35 bits per heavy atom. The van der Waals surface area contributed by atoms with E-state index in [1.165, 1.54) is 0 Å². The number of ether oxygens (including phenoxy) is 1. The van der Waals surface area contributed by atoms with Crippen molar-refractivity contribution in [3.63, 3.8) is 0 Å². The molecule has 2 N–H and O–H groups in total. The largest absolute Gasteiger partial charge is 0.480 e. The van der Waals surface area contributed by atoms with Gasteiger partial charge in [0.2, 0.25) is 5.91 Å². The summed E-state index contributed by atoms with van der Waals surface area (Å²) in [6, 6.07) is 0. The van der Waals surface area contributed by atoms with Gasteiger partial charge in [-0.05, 0) is 26.2 Å². The number of amides is 1. The molecule has 0 aromatic rings. The molecule has 0 saturated carbocycles. The minimum absolute atomic E-state index is 0.129. The van der Waals surface area contributed by atoms with Crippen molar-refractivity contribution in [3.05, 3.63) is 0 Å². The number of carboxylic acid groups (broad SMARTS) is 1. The van der Waals surface area contributed by atoms with Crippen LogP contribution in [0.25, 0.3) is 0 Å². The molecule has 0 aliphatic carbocycles. The van der Waals surface area contributed by atoms with Crippen LogP contribution in [0.4, 0.5) is 0 Å². The molecule has 0 bridgehead atoms. The van der Waals surface area contributed by atoms with Crippen LogP contribution in [0.1, 0.15) is 40.0 Å². The van der Waals surface area contributed by atoms with E-state index in [0.29, 0.717) is 25.9 Å². The fourth-order valence-corrected chi connectivity index (χ4v) is 2.19. The summed E-state index contributed by atoms with van der Waals surface area (Å²) in [5.74, 6) is -1.41. The predicted octanol–water partition coefficient (Wildman–Crippen LogP) is 1.17. The molecule has 98 valence electrons. The summed E-state index contributed by atoms with van der Waals surface area (Å²) in [5.41, 5.74) is -1.14. The maximum absolute atomic E-state index is 12.0. The Kier molecular flexibility index (Phi) is 4.51. The summed E-state index contributed by atoms with van der Waals surface area (Å²) in [7, 11) is 0. The number of rotatable bonds is 5. The lowest BCUT2D eigenvalue weighted by atomic mass is 9.91. The molecular weight excluding hydrogens is 222 g/mol. The fourth-order valence-electron chi connectivity index (χ4n) is 2.19. The summed E-state index contributed by atoms with van der Waals surface area (Å²) in [4.78, 5) is 23.3. The van der Waals surface area contributed by atoms with Crippen molar-refractivity contribution < 1.29 is 19.4 Å². The van der Waals surface area contributed by atoms with Crippen LogP contribution in [0.15, 0.2) is 0 Å². The van der Waals surface area contributed by atoms with Gasteiger partial charge in [0.05, 0.1) is 12.0 Å². The van der Waals surface area contributed by atoms with Gasteiger partial charge in [-0.15, -0.1) is 0 Å². The Morgan fingerprint density at radius 2 is 2.00 bits per heavy atom. The molecule has 1 aliphatic rings. The molecule has 17 heavy (non-hydrogen) atoms. The average Bonchev–Trinajstić information content (AvgIpc) is 2.72. The van der Waals surface area contributed by atoms with Gasteiger partial charge in [0.15, 0.2) is 0 Å². The van der Waals surface area contributed by atoms with E-state index in [-0.39, 0.29) is 17.9 Å². The van der Waals surface area contributed by atoms with Crippen LogP contribution in [-0.4, -0.2) is 35.2 Å². The first-order valence-electron chi connectivity index (χ1n) is 6.14. The maximum atomic E-state index is 12.0. The predicted molar refractivity (Wildman–Crippen MR) is 62.6 cm³/mol. The summed E-state index contributed by atoms with van der Waals surface area (Å²) in [6.45, 7) is 5.95. The lowest BCUT2D eigenvalue weighted by Crippen LogP contribution is -2.55. The lowest BCUT2D eigenvalue weighted by molar-refractivity contribution is -0.149. The van der Waals surface area contributed by atoms with Gasteiger partial charge in [-0.2, -0.15) is 0 Å². The molecule has 1 heterocycles. The molecule has 0 aromatic carbocycles. The fraction of sp³-hybridized carbons (Fsp3) is 0.833. The molecule has 0 radical (unpaired) electrons. The molecule has 0 aromatic heterocycles. The van der Waals surface area contributed by atoms with Gasteiger partial charge in [-0.3, -0.25) is 4.79 Å². The first-order valence-corrected chi connectivity index (χ1v) is 6.14. The van der Waals surface area contributed by atoms with Gasteiger partial charge in [0.1, 0.15) is 5.54 Å². The quantitative estimate of drug-likeness (QED) is 0.760. The van der Waals surface area contributed by atoms with Crippen molar-refractivity contribution in [2.75, 3.05) is 6.61 Å². The zero-order valence-electron chi connectivity index (χ0n) is 10.7. The zero-order valence-corrected chi connectivity index (χ0v) is 10.7. The number of aliphatic carboxylic acids is 1. The van der Waals surface area contributed by atoms with Crippen molar-refractivity contribution in [2.45, 2.75) is 51.7 Å². The Labute approximate surface area is 102 Å². The first kappa shape index (κ1) is 14.0. The minimum Gasteiger partial charge on any atom is -0.480 e. The van der Waals surface area contributed by atoms with Gasteiger partial charge < -0.3 is 15.2 Å². The van der Waals surface area contributed by atoms with E-state index >= 15 is 0 Å². The Hall–Kier alpha value is -1.10. The third kappa shape index (κ3) is 2.77. The van der Waals surface area contributed by atoms with Crippen molar-refractivity contribution in [2.24, 2.45) is 5.92 Å². The zero-order chi connectivity index (χ0) is 13.1. The van der Waals surface area contributed by atoms with Gasteiger partial charge in [0, 0.05) is 6.61 Å². The van der Waals surface area contributed by atoms with E-state index in [0.717, 1.165) is 0 Å². The third-order valence-corrected chi connectivity index (χ3v) is 3.69. The number of hydrogen-bond donors (Lipinski definition) is 2. The highest BCUT2D eigenvalue weighted by Crippen LogP contribution is 2.23. The highest BCUT2D eigenvalue weighted by atomic mass is 16.5. The average molecular weight is 243 g/mol. The van der Waals surface area contributed by atoms with E-state index in [4.69, 9.17) is 4.74 Å². The summed E-state index contributed by atoms with van der Waals surface area (Å²) in [5, 5.41) is 11.9. The minimum atomic E-state index is -1.14. The van der Waals surface area contributed by atoms with E-state index in [9.17, 15) is 14.7 Å². The van der Waals surface area contributed by atoms with Crippen LogP contribution in [0.2, 0.25) is 0 Å². The summed E-state index contributed by atoms with van der Waals surface area (Å²) < 4.78 is 5.32. The number of nitrogens with one attached hydrogen (secondary N) is 1. The molecular formula is C12H21NO4. The summed E-state index contributed by atoms with van der Waals surface area (Å²) in [6.07, 6.45) is 1.30. The normalized spacial score (nSPS) is 24.6. The molecule has 0 spiro atoms. The van der Waals surface area contributed by atoms with Gasteiger partial charge in [0.25, 0.3) is 0 Å². The second kappa shape index (κ2) is 5.49. The second-order valence-electron chi connectivity index (χ2n) is 4.55.